The number of hydrogen-bond donors (Lipinski definition) is 2. The lowest BCUT2D eigenvalue weighted by Crippen LogP contribution is -2.50. The maximum absolute atomic E-state index is 12.4. The van der Waals surface area contributed by atoms with Crippen LogP contribution < -0.4 is 20.5 Å². The Bertz CT molecular complexity index is 531. The molecule has 0 saturated heterocycles. The number of alkyl halides is 2. The van der Waals surface area contributed by atoms with E-state index in [0.29, 0.717) is 5.75 Å². The molecule has 1 aliphatic rings. The van der Waals surface area contributed by atoms with Crippen LogP contribution in [0.15, 0.2) is 18.2 Å². The number of anilines is 1. The molecule has 0 heterocycles. The van der Waals surface area contributed by atoms with Gasteiger partial charge in [-0.15, -0.1) is 0 Å². The number of rotatable bonds is 6. The number of hydrogen-bond acceptors (Lipinski definition) is 4. The van der Waals surface area contributed by atoms with Crippen molar-refractivity contribution in [2.24, 2.45) is 11.7 Å². The van der Waals surface area contributed by atoms with Crippen molar-refractivity contribution in [1.82, 2.24) is 0 Å². The Kier molecular flexibility index (Phi) is 4.32. The van der Waals surface area contributed by atoms with E-state index in [-0.39, 0.29) is 17.4 Å². The second kappa shape index (κ2) is 5.85. The van der Waals surface area contributed by atoms with Crippen LogP contribution in [0.5, 0.6) is 11.5 Å². The van der Waals surface area contributed by atoms with Crippen LogP contribution >= 0.6 is 0 Å². The van der Waals surface area contributed by atoms with Crippen molar-refractivity contribution in [3.8, 4) is 11.5 Å². The van der Waals surface area contributed by atoms with Crippen molar-refractivity contribution < 1.29 is 23.0 Å². The minimum atomic E-state index is -2.98. The van der Waals surface area contributed by atoms with Crippen LogP contribution in [-0.4, -0.2) is 25.2 Å². The van der Waals surface area contributed by atoms with E-state index in [4.69, 9.17) is 10.5 Å². The van der Waals surface area contributed by atoms with Crippen LogP contribution in [0.3, 0.4) is 0 Å². The second-order valence-corrected chi connectivity index (χ2v) is 5.25. The van der Waals surface area contributed by atoms with Gasteiger partial charge in [-0.1, -0.05) is 0 Å². The van der Waals surface area contributed by atoms with Crippen LogP contribution in [0.2, 0.25) is 0 Å². The summed E-state index contributed by atoms with van der Waals surface area (Å²) < 4.78 is 34.2. The third kappa shape index (κ3) is 3.60. The first kappa shape index (κ1) is 15.5. The van der Waals surface area contributed by atoms with Crippen LogP contribution in [-0.2, 0) is 4.79 Å². The van der Waals surface area contributed by atoms with E-state index in [9.17, 15) is 13.6 Å². The highest BCUT2D eigenvalue weighted by Crippen LogP contribution is 2.39. The SMILES string of the molecule is COc1ccc(OC(F)F)c(NC(=O)C(C)(N)C2CC2)c1. The summed E-state index contributed by atoms with van der Waals surface area (Å²) in [5.74, 6) is -0.0391. The van der Waals surface area contributed by atoms with Crippen LogP contribution in [0.25, 0.3) is 0 Å². The van der Waals surface area contributed by atoms with Gasteiger partial charge in [0.05, 0.1) is 18.3 Å². The highest BCUT2D eigenvalue weighted by atomic mass is 19.3. The van der Waals surface area contributed by atoms with E-state index in [1.807, 2.05) is 0 Å². The largest absolute Gasteiger partial charge is 0.497 e. The first-order valence-corrected chi connectivity index (χ1v) is 6.57. The molecule has 1 aliphatic carbocycles. The predicted molar refractivity (Wildman–Crippen MR) is 73.6 cm³/mol. The average Bonchev–Trinajstić information content (AvgIpc) is 3.24. The summed E-state index contributed by atoms with van der Waals surface area (Å²) in [6.07, 6.45) is 1.78. The standard InChI is InChI=1S/C14H18F2N2O3/c1-14(17,8-3-4-8)12(19)18-10-7-9(20-2)5-6-11(10)21-13(15)16/h5-8,13H,3-4,17H2,1-2H3,(H,18,19). The van der Waals surface area contributed by atoms with Crippen molar-refractivity contribution in [2.75, 3.05) is 12.4 Å². The summed E-state index contributed by atoms with van der Waals surface area (Å²) in [7, 11) is 1.44. The quantitative estimate of drug-likeness (QED) is 0.846. The summed E-state index contributed by atoms with van der Waals surface area (Å²) in [5, 5.41) is 2.55. The molecule has 1 unspecified atom stereocenters. The molecule has 1 aromatic rings. The average molecular weight is 300 g/mol. The van der Waals surface area contributed by atoms with Crippen LogP contribution in [0, 0.1) is 5.92 Å². The maximum Gasteiger partial charge on any atom is 0.387 e. The van der Waals surface area contributed by atoms with Crippen molar-refractivity contribution in [3.63, 3.8) is 0 Å². The lowest BCUT2D eigenvalue weighted by atomic mass is 9.96. The number of ether oxygens (including phenoxy) is 2. The molecule has 0 bridgehead atoms. The molecule has 1 saturated carbocycles. The molecule has 1 aromatic carbocycles. The normalized spacial score (nSPS) is 17.2. The van der Waals surface area contributed by atoms with E-state index in [1.54, 1.807) is 6.92 Å². The van der Waals surface area contributed by atoms with Gasteiger partial charge in [-0.05, 0) is 37.8 Å². The van der Waals surface area contributed by atoms with Crippen molar-refractivity contribution in [1.29, 1.82) is 0 Å². The van der Waals surface area contributed by atoms with E-state index >= 15 is 0 Å². The Labute approximate surface area is 121 Å². The van der Waals surface area contributed by atoms with Gasteiger partial charge in [0.2, 0.25) is 5.91 Å². The van der Waals surface area contributed by atoms with Crippen molar-refractivity contribution in [3.05, 3.63) is 18.2 Å². The lowest BCUT2D eigenvalue weighted by molar-refractivity contribution is -0.121. The number of carbonyl (C=O) groups is 1. The van der Waals surface area contributed by atoms with Crippen molar-refractivity contribution >= 4 is 11.6 Å². The molecular formula is C14H18F2N2O3. The zero-order valence-electron chi connectivity index (χ0n) is 11.9. The zero-order valence-corrected chi connectivity index (χ0v) is 11.9. The molecule has 0 aliphatic heterocycles. The Balaban J connectivity index is 2.21. The topological polar surface area (TPSA) is 73.6 Å². The molecule has 21 heavy (non-hydrogen) atoms. The second-order valence-electron chi connectivity index (χ2n) is 5.25. The Morgan fingerprint density at radius 3 is 2.67 bits per heavy atom. The fourth-order valence-electron chi connectivity index (χ4n) is 2.06. The van der Waals surface area contributed by atoms with Gasteiger partial charge in [0.25, 0.3) is 0 Å². The van der Waals surface area contributed by atoms with E-state index in [1.165, 1.54) is 25.3 Å². The third-order valence-corrected chi connectivity index (χ3v) is 3.57. The smallest absolute Gasteiger partial charge is 0.387 e. The number of benzene rings is 1. The molecule has 5 nitrogen and oxygen atoms in total. The van der Waals surface area contributed by atoms with Crippen LogP contribution in [0.1, 0.15) is 19.8 Å². The Hall–Kier alpha value is -1.89. The van der Waals surface area contributed by atoms with Gasteiger partial charge in [0.1, 0.15) is 11.5 Å². The molecule has 1 fully saturated rings. The Morgan fingerprint density at radius 1 is 1.48 bits per heavy atom. The van der Waals surface area contributed by atoms with Gasteiger partial charge >= 0.3 is 6.61 Å². The molecule has 1 amide bonds. The summed E-state index contributed by atoms with van der Waals surface area (Å²) in [6.45, 7) is -1.35. The first-order chi connectivity index (χ1) is 9.84. The molecule has 0 spiro atoms. The highest BCUT2D eigenvalue weighted by molar-refractivity contribution is 5.99. The molecule has 7 heteroatoms. The molecule has 0 aromatic heterocycles. The zero-order chi connectivity index (χ0) is 15.6. The molecule has 0 radical (unpaired) electrons. The van der Waals surface area contributed by atoms with E-state index in [0.717, 1.165) is 12.8 Å². The van der Waals surface area contributed by atoms with E-state index in [2.05, 4.69) is 10.1 Å². The number of methoxy groups -OCH3 is 1. The molecule has 3 N–H and O–H groups in total. The van der Waals surface area contributed by atoms with Gasteiger partial charge in [-0.3, -0.25) is 4.79 Å². The fourth-order valence-corrected chi connectivity index (χ4v) is 2.06. The molecule has 116 valence electrons. The highest BCUT2D eigenvalue weighted by Gasteiger charge is 2.44. The predicted octanol–water partition coefficient (Wildman–Crippen LogP) is 2.36. The molecule has 2 rings (SSSR count). The van der Waals surface area contributed by atoms with Gasteiger partial charge < -0.3 is 20.5 Å². The van der Waals surface area contributed by atoms with Gasteiger partial charge in [0.15, 0.2) is 0 Å². The number of nitrogens with one attached hydrogen (secondary N) is 1. The van der Waals surface area contributed by atoms with Crippen LogP contribution in [0.4, 0.5) is 14.5 Å². The monoisotopic (exact) mass is 300 g/mol. The lowest BCUT2D eigenvalue weighted by Gasteiger charge is -2.24. The Morgan fingerprint density at radius 2 is 2.14 bits per heavy atom. The number of nitrogens with two attached hydrogens (primary N) is 1. The molecule has 1 atom stereocenters. The number of halogens is 2. The minimum Gasteiger partial charge on any atom is -0.497 e. The summed E-state index contributed by atoms with van der Waals surface area (Å²) in [6, 6.07) is 4.19. The van der Waals surface area contributed by atoms with E-state index < -0.39 is 18.1 Å². The van der Waals surface area contributed by atoms with Gasteiger partial charge in [-0.25, -0.2) is 0 Å². The number of carbonyl (C=O) groups excluding carboxylic acids is 1. The first-order valence-electron chi connectivity index (χ1n) is 6.57. The maximum atomic E-state index is 12.4. The minimum absolute atomic E-state index is 0.108. The van der Waals surface area contributed by atoms with Crippen molar-refractivity contribution in [2.45, 2.75) is 31.9 Å². The van der Waals surface area contributed by atoms with Gasteiger partial charge in [0, 0.05) is 6.07 Å². The fraction of sp³-hybridized carbons (Fsp3) is 0.500. The summed E-state index contributed by atoms with van der Waals surface area (Å²) in [4.78, 5) is 12.2. The molecular weight excluding hydrogens is 282 g/mol. The summed E-state index contributed by atoms with van der Waals surface area (Å²) in [5.41, 5.74) is 5.07. The summed E-state index contributed by atoms with van der Waals surface area (Å²) >= 11 is 0. The third-order valence-electron chi connectivity index (χ3n) is 3.57. The number of amides is 1. The van der Waals surface area contributed by atoms with Gasteiger partial charge in [-0.2, -0.15) is 8.78 Å².